The van der Waals surface area contributed by atoms with Gasteiger partial charge in [-0.25, -0.2) is 8.42 Å². The van der Waals surface area contributed by atoms with Gasteiger partial charge in [0.15, 0.2) is 15.9 Å². The van der Waals surface area contributed by atoms with Crippen molar-refractivity contribution in [1.82, 2.24) is 10.2 Å². The van der Waals surface area contributed by atoms with Gasteiger partial charge in [0.05, 0.1) is 15.8 Å². The highest BCUT2D eigenvalue weighted by Gasteiger charge is 2.46. The van der Waals surface area contributed by atoms with Crippen LogP contribution in [0.4, 0.5) is 0 Å². The first-order chi connectivity index (χ1) is 14.9. The maximum absolute atomic E-state index is 12.8. The van der Waals surface area contributed by atoms with E-state index in [1.165, 1.54) is 6.92 Å². The standard InChI is InChI=1S/C22H31ClN2O6S/c1-14-5-6-18(23)19(11-14)31-15(2)21(27)25-12-22(4,13-25)24-20(26)16(3)32(28,29)17-7-9-30-10-8-17/h5-6,11,15-17H,7-10,12-13H2,1-4H3,(H,24,26). The first kappa shape index (κ1) is 24.8. The molecule has 0 radical (unpaired) electrons. The van der Waals surface area contributed by atoms with Gasteiger partial charge in [-0.3, -0.25) is 9.59 Å². The van der Waals surface area contributed by atoms with Crippen LogP contribution in [0.25, 0.3) is 0 Å². The molecule has 2 aliphatic rings. The number of carbonyl (C=O) groups excluding carboxylic acids is 2. The van der Waals surface area contributed by atoms with Gasteiger partial charge in [0.2, 0.25) is 5.91 Å². The van der Waals surface area contributed by atoms with Crippen molar-refractivity contribution in [3.8, 4) is 5.75 Å². The Kier molecular flexibility index (Phi) is 7.41. The van der Waals surface area contributed by atoms with Gasteiger partial charge in [0.25, 0.3) is 5.91 Å². The predicted octanol–water partition coefficient (Wildman–Crippen LogP) is 2.12. The van der Waals surface area contributed by atoms with Crippen LogP contribution in [0.2, 0.25) is 5.02 Å². The molecule has 3 rings (SSSR count). The van der Waals surface area contributed by atoms with Crippen molar-refractivity contribution < 1.29 is 27.5 Å². The van der Waals surface area contributed by atoms with E-state index >= 15 is 0 Å². The summed E-state index contributed by atoms with van der Waals surface area (Å²) in [4.78, 5) is 27.0. The van der Waals surface area contributed by atoms with E-state index < -0.39 is 37.9 Å². The van der Waals surface area contributed by atoms with Crippen LogP contribution >= 0.6 is 11.6 Å². The molecule has 32 heavy (non-hydrogen) atoms. The van der Waals surface area contributed by atoms with Crippen molar-refractivity contribution in [3.05, 3.63) is 28.8 Å². The summed E-state index contributed by atoms with van der Waals surface area (Å²) in [5, 5.41) is 1.53. The molecule has 0 aliphatic carbocycles. The number of ether oxygens (including phenoxy) is 2. The number of hydrogen-bond donors (Lipinski definition) is 1. The third kappa shape index (κ3) is 5.38. The maximum Gasteiger partial charge on any atom is 0.263 e. The van der Waals surface area contributed by atoms with E-state index in [1.807, 2.05) is 13.0 Å². The minimum atomic E-state index is -3.61. The molecule has 2 heterocycles. The fourth-order valence-electron chi connectivity index (χ4n) is 4.07. The minimum absolute atomic E-state index is 0.225. The molecule has 10 heteroatoms. The summed E-state index contributed by atoms with van der Waals surface area (Å²) >= 11 is 6.14. The number of nitrogens with one attached hydrogen (secondary N) is 1. The molecule has 2 amide bonds. The second-order valence-electron chi connectivity index (χ2n) is 8.98. The highest BCUT2D eigenvalue weighted by Crippen LogP contribution is 2.28. The number of benzene rings is 1. The molecule has 1 aromatic carbocycles. The highest BCUT2D eigenvalue weighted by atomic mass is 35.5. The third-order valence-corrected chi connectivity index (χ3v) is 8.96. The van der Waals surface area contributed by atoms with Crippen LogP contribution in [0.1, 0.15) is 39.2 Å². The molecule has 2 saturated heterocycles. The number of amides is 2. The van der Waals surface area contributed by atoms with E-state index in [1.54, 1.807) is 30.9 Å². The molecule has 0 saturated carbocycles. The van der Waals surface area contributed by atoms with Crippen LogP contribution in [0, 0.1) is 6.92 Å². The average Bonchev–Trinajstić information content (AvgIpc) is 2.73. The van der Waals surface area contributed by atoms with E-state index in [2.05, 4.69) is 5.32 Å². The number of likely N-dealkylation sites (tertiary alicyclic amines) is 1. The SMILES string of the molecule is Cc1ccc(Cl)c(OC(C)C(=O)N2CC(C)(NC(=O)C(C)S(=O)(=O)C3CCOCC3)C2)c1. The van der Waals surface area contributed by atoms with Crippen LogP contribution in [0.15, 0.2) is 18.2 Å². The smallest absolute Gasteiger partial charge is 0.263 e. The average molecular weight is 487 g/mol. The van der Waals surface area contributed by atoms with Crippen LogP contribution in [0.5, 0.6) is 5.75 Å². The van der Waals surface area contributed by atoms with E-state index in [-0.39, 0.29) is 19.0 Å². The molecule has 2 aliphatic heterocycles. The Hall–Kier alpha value is -1.84. The normalized spacial score (nSPS) is 20.7. The van der Waals surface area contributed by atoms with Crippen LogP contribution in [0.3, 0.4) is 0 Å². The zero-order valence-corrected chi connectivity index (χ0v) is 20.5. The molecular weight excluding hydrogens is 456 g/mol. The summed E-state index contributed by atoms with van der Waals surface area (Å²) in [6.07, 6.45) is 0.0624. The van der Waals surface area contributed by atoms with Gasteiger partial charge in [-0.05, 0) is 58.2 Å². The van der Waals surface area contributed by atoms with Crippen molar-refractivity contribution in [1.29, 1.82) is 0 Å². The number of rotatable bonds is 7. The van der Waals surface area contributed by atoms with Gasteiger partial charge >= 0.3 is 0 Å². The number of aryl methyl sites for hydroxylation is 1. The third-order valence-electron chi connectivity index (χ3n) is 6.05. The number of nitrogens with zero attached hydrogens (tertiary/aromatic N) is 1. The molecular formula is C22H31ClN2O6S. The molecule has 0 aromatic heterocycles. The lowest BCUT2D eigenvalue weighted by Gasteiger charge is -2.49. The Labute approximate surface area is 194 Å². The van der Waals surface area contributed by atoms with E-state index in [9.17, 15) is 18.0 Å². The number of hydrogen-bond acceptors (Lipinski definition) is 6. The first-order valence-corrected chi connectivity index (χ1v) is 12.8. The van der Waals surface area contributed by atoms with Gasteiger partial charge in [-0.2, -0.15) is 0 Å². The molecule has 0 bridgehead atoms. The lowest BCUT2D eigenvalue weighted by atomic mass is 9.91. The summed E-state index contributed by atoms with van der Waals surface area (Å²) in [5.41, 5.74) is 0.278. The molecule has 2 atom stereocenters. The number of carbonyl (C=O) groups is 2. The van der Waals surface area contributed by atoms with Crippen molar-refractivity contribution in [2.75, 3.05) is 26.3 Å². The Morgan fingerprint density at radius 1 is 1.25 bits per heavy atom. The van der Waals surface area contributed by atoms with Crippen molar-refractivity contribution in [3.63, 3.8) is 0 Å². The fourth-order valence-corrected chi connectivity index (χ4v) is 6.02. The number of halogens is 1. The monoisotopic (exact) mass is 486 g/mol. The summed E-state index contributed by atoms with van der Waals surface area (Å²) in [6.45, 7) is 8.11. The molecule has 1 aromatic rings. The topological polar surface area (TPSA) is 102 Å². The molecule has 1 N–H and O–H groups in total. The molecule has 2 unspecified atom stereocenters. The Morgan fingerprint density at radius 2 is 1.88 bits per heavy atom. The van der Waals surface area contributed by atoms with Crippen molar-refractivity contribution >= 4 is 33.3 Å². The van der Waals surface area contributed by atoms with Gasteiger partial charge in [-0.1, -0.05) is 17.7 Å². The van der Waals surface area contributed by atoms with Gasteiger partial charge in [0, 0.05) is 26.3 Å². The summed E-state index contributed by atoms with van der Waals surface area (Å²) < 4.78 is 36.6. The maximum atomic E-state index is 12.8. The van der Waals surface area contributed by atoms with Crippen molar-refractivity contribution in [2.24, 2.45) is 0 Å². The Morgan fingerprint density at radius 3 is 2.50 bits per heavy atom. The van der Waals surface area contributed by atoms with E-state index in [4.69, 9.17) is 21.1 Å². The minimum Gasteiger partial charge on any atom is -0.479 e. The van der Waals surface area contributed by atoms with E-state index in [0.29, 0.717) is 36.8 Å². The van der Waals surface area contributed by atoms with Gasteiger partial charge in [-0.15, -0.1) is 0 Å². The van der Waals surface area contributed by atoms with Crippen molar-refractivity contribution in [2.45, 2.75) is 62.7 Å². The van der Waals surface area contributed by atoms with Crippen LogP contribution in [-0.2, 0) is 24.2 Å². The van der Waals surface area contributed by atoms with E-state index in [0.717, 1.165) is 5.56 Å². The molecule has 8 nitrogen and oxygen atoms in total. The highest BCUT2D eigenvalue weighted by molar-refractivity contribution is 7.93. The first-order valence-electron chi connectivity index (χ1n) is 10.8. The molecule has 2 fully saturated rings. The quantitative estimate of drug-likeness (QED) is 0.633. The van der Waals surface area contributed by atoms with Gasteiger partial charge < -0.3 is 19.7 Å². The predicted molar refractivity (Wildman–Crippen MR) is 122 cm³/mol. The second kappa shape index (κ2) is 9.57. The summed E-state index contributed by atoms with van der Waals surface area (Å²) in [6, 6.07) is 5.34. The van der Waals surface area contributed by atoms with Crippen LogP contribution < -0.4 is 10.1 Å². The zero-order valence-electron chi connectivity index (χ0n) is 18.9. The zero-order chi connectivity index (χ0) is 23.7. The number of sulfone groups is 1. The lowest BCUT2D eigenvalue weighted by Crippen LogP contribution is -2.71. The largest absolute Gasteiger partial charge is 0.479 e. The molecule has 0 spiro atoms. The fraction of sp³-hybridized carbons (Fsp3) is 0.636. The lowest BCUT2D eigenvalue weighted by molar-refractivity contribution is -0.148. The Bertz CT molecular complexity index is 971. The summed E-state index contributed by atoms with van der Waals surface area (Å²) in [7, 11) is -3.61. The summed E-state index contributed by atoms with van der Waals surface area (Å²) in [5.74, 6) is -0.324. The second-order valence-corrected chi connectivity index (χ2v) is 11.9. The van der Waals surface area contributed by atoms with Crippen LogP contribution in [-0.4, -0.2) is 73.6 Å². The molecule has 178 valence electrons. The Balaban J connectivity index is 1.54. The van der Waals surface area contributed by atoms with Gasteiger partial charge in [0.1, 0.15) is 11.0 Å².